The average Bonchev–Trinajstić information content (AvgIpc) is 2.63. The van der Waals surface area contributed by atoms with Crippen molar-refractivity contribution < 1.29 is 14.3 Å². The molecule has 2 aliphatic rings. The first-order valence-electron chi connectivity index (χ1n) is 7.18. The monoisotopic (exact) mass is 284 g/mol. The summed E-state index contributed by atoms with van der Waals surface area (Å²) in [6, 6.07) is 0. The van der Waals surface area contributed by atoms with Crippen molar-refractivity contribution in [3.63, 3.8) is 0 Å². The van der Waals surface area contributed by atoms with E-state index in [1.165, 1.54) is 0 Å². The highest BCUT2D eigenvalue weighted by atomic mass is 16.5. The molecule has 4 N–H and O–H groups in total. The van der Waals surface area contributed by atoms with Gasteiger partial charge in [0.05, 0.1) is 12.1 Å². The van der Waals surface area contributed by atoms with Gasteiger partial charge in [-0.3, -0.25) is 14.5 Å². The molecule has 7 nitrogen and oxygen atoms in total. The van der Waals surface area contributed by atoms with Crippen LogP contribution < -0.4 is 11.5 Å². The van der Waals surface area contributed by atoms with Crippen LogP contribution in [0, 0.1) is 0 Å². The lowest BCUT2D eigenvalue weighted by Gasteiger charge is -2.36. The van der Waals surface area contributed by atoms with Crippen molar-refractivity contribution in [1.82, 2.24) is 9.80 Å². The number of ether oxygens (including phenoxy) is 1. The van der Waals surface area contributed by atoms with Crippen LogP contribution in [-0.4, -0.2) is 73.1 Å². The Morgan fingerprint density at radius 2 is 1.80 bits per heavy atom. The zero-order valence-electron chi connectivity index (χ0n) is 11.8. The second-order valence-corrected chi connectivity index (χ2v) is 5.66. The number of carbonyl (C=O) groups excluding carboxylic acids is 2. The van der Waals surface area contributed by atoms with Crippen LogP contribution in [0.5, 0.6) is 0 Å². The van der Waals surface area contributed by atoms with Gasteiger partial charge in [-0.25, -0.2) is 0 Å². The molecule has 114 valence electrons. The summed E-state index contributed by atoms with van der Waals surface area (Å²) in [4.78, 5) is 27.4. The van der Waals surface area contributed by atoms with Crippen molar-refractivity contribution in [3.8, 4) is 0 Å². The Bertz CT molecular complexity index is 369. The maximum absolute atomic E-state index is 12.6. The smallest absolute Gasteiger partial charge is 0.242 e. The van der Waals surface area contributed by atoms with Crippen molar-refractivity contribution in [2.45, 2.75) is 24.8 Å². The highest BCUT2D eigenvalue weighted by Gasteiger charge is 2.39. The van der Waals surface area contributed by atoms with E-state index >= 15 is 0 Å². The largest absolute Gasteiger partial charge is 0.381 e. The molecule has 20 heavy (non-hydrogen) atoms. The Kier molecular flexibility index (Phi) is 4.95. The molecular weight excluding hydrogens is 260 g/mol. The molecule has 2 aliphatic heterocycles. The Morgan fingerprint density at radius 1 is 1.10 bits per heavy atom. The van der Waals surface area contributed by atoms with Gasteiger partial charge < -0.3 is 21.1 Å². The second-order valence-electron chi connectivity index (χ2n) is 5.66. The Hall–Kier alpha value is -1.18. The maximum atomic E-state index is 12.6. The number of nitrogens with two attached hydrogens (primary N) is 2. The Morgan fingerprint density at radius 3 is 2.45 bits per heavy atom. The van der Waals surface area contributed by atoms with Gasteiger partial charge in [0.1, 0.15) is 0 Å². The first-order chi connectivity index (χ1) is 9.51. The minimum Gasteiger partial charge on any atom is -0.381 e. The summed E-state index contributed by atoms with van der Waals surface area (Å²) in [6.07, 6.45) is 1.99. The number of primary amides is 1. The number of rotatable bonds is 3. The lowest BCUT2D eigenvalue weighted by Crippen LogP contribution is -2.58. The summed E-state index contributed by atoms with van der Waals surface area (Å²) >= 11 is 0. The van der Waals surface area contributed by atoms with Crippen molar-refractivity contribution in [1.29, 1.82) is 0 Å². The first kappa shape index (κ1) is 15.2. The van der Waals surface area contributed by atoms with Crippen LogP contribution in [0.15, 0.2) is 0 Å². The van der Waals surface area contributed by atoms with Crippen molar-refractivity contribution >= 4 is 11.8 Å². The van der Waals surface area contributed by atoms with Gasteiger partial charge in [-0.15, -0.1) is 0 Å². The van der Waals surface area contributed by atoms with Gasteiger partial charge >= 0.3 is 0 Å². The molecule has 2 saturated heterocycles. The number of carbonyl (C=O) groups is 2. The molecule has 2 heterocycles. The molecule has 0 radical (unpaired) electrons. The molecule has 0 aromatic rings. The Labute approximate surface area is 119 Å². The topological polar surface area (TPSA) is 102 Å². The van der Waals surface area contributed by atoms with Crippen LogP contribution in [0.3, 0.4) is 0 Å². The summed E-state index contributed by atoms with van der Waals surface area (Å²) in [6.45, 7) is 4.09. The van der Waals surface area contributed by atoms with Gasteiger partial charge in [-0.05, 0) is 19.3 Å². The summed E-state index contributed by atoms with van der Waals surface area (Å²) in [5.41, 5.74) is 10.7. The highest BCUT2D eigenvalue weighted by molar-refractivity contribution is 5.86. The van der Waals surface area contributed by atoms with Crippen LogP contribution in [0.1, 0.15) is 19.3 Å². The van der Waals surface area contributed by atoms with E-state index in [0.29, 0.717) is 45.7 Å². The van der Waals surface area contributed by atoms with E-state index in [1.807, 2.05) is 9.80 Å². The summed E-state index contributed by atoms with van der Waals surface area (Å²) < 4.78 is 5.28. The minimum atomic E-state index is -0.781. The normalized spacial score (nSPS) is 24.1. The molecule has 7 heteroatoms. The zero-order chi connectivity index (χ0) is 14.6. The van der Waals surface area contributed by atoms with Gasteiger partial charge in [-0.2, -0.15) is 0 Å². The third kappa shape index (κ3) is 3.68. The van der Waals surface area contributed by atoms with Gasteiger partial charge in [0, 0.05) is 39.4 Å². The van der Waals surface area contributed by atoms with E-state index in [0.717, 1.165) is 13.0 Å². The molecule has 0 saturated carbocycles. The predicted molar refractivity (Wildman–Crippen MR) is 73.8 cm³/mol. The van der Waals surface area contributed by atoms with Crippen LogP contribution in [0.2, 0.25) is 0 Å². The van der Waals surface area contributed by atoms with Crippen molar-refractivity contribution in [2.75, 3.05) is 45.9 Å². The standard InChI is InChI=1S/C13H24N4O3/c14-11(18)10-16-4-1-5-17(7-6-16)12(19)13(15)2-8-20-9-3-13/h1-10,15H2,(H2,14,18). The molecule has 2 amide bonds. The lowest BCUT2D eigenvalue weighted by atomic mass is 9.89. The third-order valence-corrected chi connectivity index (χ3v) is 4.07. The van der Waals surface area contributed by atoms with E-state index in [2.05, 4.69) is 0 Å². The average molecular weight is 284 g/mol. The molecule has 0 spiro atoms. The fourth-order valence-corrected chi connectivity index (χ4v) is 2.82. The summed E-state index contributed by atoms with van der Waals surface area (Å²) in [5.74, 6) is -0.314. The fourth-order valence-electron chi connectivity index (χ4n) is 2.82. The molecule has 0 aromatic heterocycles. The molecule has 2 fully saturated rings. The van der Waals surface area contributed by atoms with E-state index in [9.17, 15) is 9.59 Å². The summed E-state index contributed by atoms with van der Waals surface area (Å²) in [7, 11) is 0. The Balaban J connectivity index is 1.92. The lowest BCUT2D eigenvalue weighted by molar-refractivity contribution is -0.140. The molecule has 0 atom stereocenters. The third-order valence-electron chi connectivity index (χ3n) is 4.07. The van der Waals surface area contributed by atoms with Crippen molar-refractivity contribution in [3.05, 3.63) is 0 Å². The number of hydrogen-bond donors (Lipinski definition) is 2. The van der Waals surface area contributed by atoms with E-state index in [1.54, 1.807) is 0 Å². The van der Waals surface area contributed by atoms with Gasteiger partial charge in [0.15, 0.2) is 0 Å². The first-order valence-corrected chi connectivity index (χ1v) is 7.18. The van der Waals surface area contributed by atoms with Crippen molar-refractivity contribution in [2.24, 2.45) is 11.5 Å². The number of nitrogens with zero attached hydrogens (tertiary/aromatic N) is 2. The zero-order valence-corrected chi connectivity index (χ0v) is 11.8. The molecule has 2 rings (SSSR count). The molecule has 0 bridgehead atoms. The quantitative estimate of drug-likeness (QED) is 0.657. The molecule has 0 unspecified atom stereocenters. The SMILES string of the molecule is NC(=O)CN1CCCN(C(=O)C2(N)CCOCC2)CC1. The maximum Gasteiger partial charge on any atom is 0.242 e. The van der Waals surface area contributed by atoms with E-state index in [4.69, 9.17) is 16.2 Å². The minimum absolute atomic E-state index is 0.0155. The predicted octanol–water partition coefficient (Wildman–Crippen LogP) is -1.49. The van der Waals surface area contributed by atoms with Gasteiger partial charge in [0.25, 0.3) is 0 Å². The fraction of sp³-hybridized carbons (Fsp3) is 0.846. The van der Waals surface area contributed by atoms with Crippen LogP contribution >= 0.6 is 0 Å². The summed E-state index contributed by atoms with van der Waals surface area (Å²) in [5, 5.41) is 0. The number of amides is 2. The van der Waals surface area contributed by atoms with Crippen LogP contribution in [0.4, 0.5) is 0 Å². The van der Waals surface area contributed by atoms with Gasteiger partial charge in [0.2, 0.25) is 11.8 Å². The van der Waals surface area contributed by atoms with E-state index in [-0.39, 0.29) is 18.4 Å². The highest BCUT2D eigenvalue weighted by Crippen LogP contribution is 2.21. The number of hydrogen-bond acceptors (Lipinski definition) is 5. The molecule has 0 aromatic carbocycles. The second kappa shape index (κ2) is 6.51. The molecular formula is C13H24N4O3. The van der Waals surface area contributed by atoms with Gasteiger partial charge in [-0.1, -0.05) is 0 Å². The molecule has 0 aliphatic carbocycles. The van der Waals surface area contributed by atoms with E-state index < -0.39 is 5.54 Å². The van der Waals surface area contributed by atoms with Crippen LogP contribution in [0.25, 0.3) is 0 Å². The van der Waals surface area contributed by atoms with Crippen LogP contribution in [-0.2, 0) is 14.3 Å².